The van der Waals surface area contributed by atoms with Gasteiger partial charge in [-0.25, -0.2) is 21.9 Å². The molecule has 27 heavy (non-hydrogen) atoms. The van der Waals surface area contributed by atoms with Gasteiger partial charge in [0.2, 0.25) is 5.88 Å². The van der Waals surface area contributed by atoms with Crippen molar-refractivity contribution < 1.29 is 39.9 Å². The number of halogens is 5. The molecule has 0 N–H and O–H groups in total. The predicted molar refractivity (Wildman–Crippen MR) is 84.3 cm³/mol. The molecule has 1 aromatic rings. The molecule has 0 atom stereocenters. The smallest absolute Gasteiger partial charge is 0.394 e. The topological polar surface area (TPSA) is 82.8 Å². The van der Waals surface area contributed by atoms with Crippen LogP contribution in [0.15, 0.2) is 5.16 Å². The van der Waals surface area contributed by atoms with Crippen LogP contribution < -0.4 is 4.74 Å². The van der Waals surface area contributed by atoms with Gasteiger partial charge in [0, 0.05) is 13.5 Å². The van der Waals surface area contributed by atoms with E-state index in [1.165, 1.54) is 7.05 Å². The first-order valence-electron chi connectivity index (χ1n) is 7.70. The van der Waals surface area contributed by atoms with Gasteiger partial charge in [-0.2, -0.15) is 18.3 Å². The van der Waals surface area contributed by atoms with Crippen molar-refractivity contribution in [3.63, 3.8) is 0 Å². The van der Waals surface area contributed by atoms with Crippen molar-refractivity contribution in [1.29, 1.82) is 0 Å². The summed E-state index contributed by atoms with van der Waals surface area (Å²) >= 11 is 0. The Morgan fingerprint density at radius 3 is 2.44 bits per heavy atom. The summed E-state index contributed by atoms with van der Waals surface area (Å²) in [7, 11) is -3.00. The summed E-state index contributed by atoms with van der Waals surface area (Å²) in [4.78, 5) is 4.98. The van der Waals surface area contributed by atoms with E-state index >= 15 is 0 Å². The molecule has 0 aliphatic carbocycles. The van der Waals surface area contributed by atoms with E-state index in [9.17, 15) is 30.4 Å². The number of nitrogens with zero attached hydrogens (tertiary/aromatic N) is 3. The Morgan fingerprint density at radius 2 is 1.96 bits per heavy atom. The fourth-order valence-corrected chi connectivity index (χ4v) is 4.00. The van der Waals surface area contributed by atoms with E-state index in [2.05, 4.69) is 10.3 Å². The van der Waals surface area contributed by atoms with Crippen LogP contribution in [-0.4, -0.2) is 48.1 Å². The molecule has 2 heterocycles. The zero-order valence-electron chi connectivity index (χ0n) is 14.7. The van der Waals surface area contributed by atoms with Crippen LogP contribution in [0.4, 0.5) is 22.0 Å². The van der Waals surface area contributed by atoms with Crippen LogP contribution in [0.1, 0.15) is 31.5 Å². The summed E-state index contributed by atoms with van der Waals surface area (Å²) in [5, 5.41) is 6.76. The third-order valence-electron chi connectivity index (χ3n) is 3.55. The monoisotopic (exact) mass is 419 g/mol. The average molecular weight is 419 g/mol. The first-order chi connectivity index (χ1) is 12.2. The number of ether oxygens (including phenoxy) is 1. The van der Waals surface area contributed by atoms with E-state index in [1.807, 2.05) is 0 Å². The van der Waals surface area contributed by atoms with Gasteiger partial charge >= 0.3 is 6.18 Å². The van der Waals surface area contributed by atoms with E-state index in [0.717, 1.165) is 4.68 Å². The molecule has 0 amide bonds. The van der Waals surface area contributed by atoms with Gasteiger partial charge in [-0.05, 0) is 13.8 Å². The summed E-state index contributed by atoms with van der Waals surface area (Å²) < 4.78 is 94.1. The molecule has 0 unspecified atom stereocenters. The molecule has 1 aliphatic heterocycles. The summed E-state index contributed by atoms with van der Waals surface area (Å²) in [6, 6.07) is 0. The molecule has 0 aromatic carbocycles. The third-order valence-corrected chi connectivity index (χ3v) is 5.16. The molecule has 7 nitrogen and oxygen atoms in total. The van der Waals surface area contributed by atoms with E-state index in [0.29, 0.717) is 0 Å². The first kappa shape index (κ1) is 21.4. The van der Waals surface area contributed by atoms with Crippen LogP contribution in [0.2, 0.25) is 0 Å². The molecule has 0 saturated heterocycles. The van der Waals surface area contributed by atoms with Crippen LogP contribution in [-0.2, 0) is 33.9 Å². The zero-order valence-corrected chi connectivity index (χ0v) is 15.5. The highest BCUT2D eigenvalue weighted by atomic mass is 32.2. The fraction of sp³-hybridized carbons (Fsp3) is 0.714. The van der Waals surface area contributed by atoms with Crippen LogP contribution in [0, 0.1) is 0 Å². The van der Waals surface area contributed by atoms with Crippen LogP contribution in [0.5, 0.6) is 5.88 Å². The first-order valence-corrected chi connectivity index (χ1v) is 9.36. The SMILES string of the molecule is Cn1nc(CC(F)(F)F)c(CS(=O)(=O)C2=NOC(C)(C)C2)c1OCC(F)F. The lowest BCUT2D eigenvalue weighted by atomic mass is 10.1. The number of rotatable bonds is 6. The lowest BCUT2D eigenvalue weighted by Gasteiger charge is -2.13. The highest BCUT2D eigenvalue weighted by Crippen LogP contribution is 2.32. The van der Waals surface area contributed by atoms with Crippen molar-refractivity contribution in [2.24, 2.45) is 12.2 Å². The number of sulfone groups is 1. The number of hydrogen-bond acceptors (Lipinski definition) is 6. The van der Waals surface area contributed by atoms with Gasteiger partial charge in [-0.1, -0.05) is 5.16 Å². The zero-order chi connectivity index (χ0) is 20.6. The second-order valence-corrected chi connectivity index (χ2v) is 8.61. The maximum absolute atomic E-state index is 12.8. The lowest BCUT2D eigenvalue weighted by molar-refractivity contribution is -0.128. The quantitative estimate of drug-likeness (QED) is 0.662. The Morgan fingerprint density at radius 1 is 1.33 bits per heavy atom. The van der Waals surface area contributed by atoms with Gasteiger partial charge < -0.3 is 9.57 Å². The molecular formula is C14H18F5N3O4S. The van der Waals surface area contributed by atoms with Crippen molar-refractivity contribution in [3.8, 4) is 5.88 Å². The maximum atomic E-state index is 12.8. The standard InChI is InChI=1S/C14H18F5N3O4S/c1-13(2)5-11(21-26-13)27(23,24)7-8-9(4-14(17,18)19)20-22(3)12(8)25-6-10(15)16/h10H,4-7H2,1-3H3. The molecule has 2 rings (SSSR count). The summed E-state index contributed by atoms with van der Waals surface area (Å²) in [5.74, 6) is -1.39. The van der Waals surface area contributed by atoms with Crippen molar-refractivity contribution in [1.82, 2.24) is 9.78 Å². The predicted octanol–water partition coefficient (Wildman–Crippen LogP) is 2.60. The number of oxime groups is 1. The van der Waals surface area contributed by atoms with Crippen LogP contribution in [0.3, 0.4) is 0 Å². The third kappa shape index (κ3) is 5.53. The number of hydrogen-bond donors (Lipinski definition) is 0. The van der Waals surface area contributed by atoms with Gasteiger partial charge in [0.25, 0.3) is 6.43 Å². The van der Waals surface area contributed by atoms with Gasteiger partial charge in [0.15, 0.2) is 21.5 Å². The molecule has 0 radical (unpaired) electrons. The summed E-state index contributed by atoms with van der Waals surface area (Å²) in [6.45, 7) is 2.07. The molecule has 1 aromatic heterocycles. The number of aryl methyl sites for hydroxylation is 1. The minimum Gasteiger partial charge on any atom is -0.472 e. The second kappa shape index (κ2) is 7.24. The maximum Gasteiger partial charge on any atom is 0.394 e. The van der Waals surface area contributed by atoms with Crippen molar-refractivity contribution in [3.05, 3.63) is 11.3 Å². The minimum absolute atomic E-state index is 0.0720. The van der Waals surface area contributed by atoms with Crippen LogP contribution >= 0.6 is 0 Å². The molecule has 0 saturated carbocycles. The van der Waals surface area contributed by atoms with Gasteiger partial charge in [-0.15, -0.1) is 0 Å². The Bertz CT molecular complexity index is 831. The normalized spacial score (nSPS) is 17.1. The summed E-state index contributed by atoms with van der Waals surface area (Å²) in [6.07, 6.45) is -9.18. The van der Waals surface area contributed by atoms with Gasteiger partial charge in [0.05, 0.1) is 23.4 Å². The molecule has 13 heteroatoms. The second-order valence-electron chi connectivity index (χ2n) is 6.62. The van der Waals surface area contributed by atoms with Gasteiger partial charge in [0.1, 0.15) is 5.60 Å². The molecule has 1 aliphatic rings. The molecule has 0 fully saturated rings. The minimum atomic E-state index is -4.68. The Kier molecular flexibility index (Phi) is 5.74. The van der Waals surface area contributed by atoms with Crippen molar-refractivity contribution in [2.45, 2.75) is 50.6 Å². The molecule has 0 bridgehead atoms. The Balaban J connectivity index is 2.40. The highest BCUT2D eigenvalue weighted by molar-refractivity contribution is 8.05. The van der Waals surface area contributed by atoms with Gasteiger partial charge in [-0.3, -0.25) is 0 Å². The van der Waals surface area contributed by atoms with Crippen molar-refractivity contribution >= 4 is 14.9 Å². The van der Waals surface area contributed by atoms with Crippen LogP contribution in [0.25, 0.3) is 0 Å². The summed E-state index contributed by atoms with van der Waals surface area (Å²) in [5.41, 5.74) is -1.92. The Hall–Kier alpha value is -1.92. The van der Waals surface area contributed by atoms with E-state index in [-0.39, 0.29) is 11.5 Å². The molecule has 0 spiro atoms. The fourth-order valence-electron chi connectivity index (χ4n) is 2.45. The Labute approximate surface area is 152 Å². The number of alkyl halides is 5. The highest BCUT2D eigenvalue weighted by Gasteiger charge is 2.39. The van der Waals surface area contributed by atoms with E-state index in [4.69, 9.17) is 9.57 Å². The molecule has 154 valence electrons. The van der Waals surface area contributed by atoms with E-state index < -0.39 is 64.0 Å². The molecular weight excluding hydrogens is 401 g/mol. The number of aromatic nitrogens is 2. The largest absolute Gasteiger partial charge is 0.472 e. The van der Waals surface area contributed by atoms with Crippen molar-refractivity contribution in [2.75, 3.05) is 6.61 Å². The van der Waals surface area contributed by atoms with E-state index in [1.54, 1.807) is 13.8 Å². The lowest BCUT2D eigenvalue weighted by Crippen LogP contribution is -2.24. The average Bonchev–Trinajstić information content (AvgIpc) is 2.96.